The number of benzene rings is 1. The number of pyridine rings is 1. The van der Waals surface area contributed by atoms with Crippen LogP contribution < -0.4 is 4.74 Å². The van der Waals surface area contributed by atoms with E-state index in [1.165, 1.54) is 6.07 Å². The summed E-state index contributed by atoms with van der Waals surface area (Å²) in [4.78, 5) is 4.23. The molecule has 0 spiro atoms. The predicted octanol–water partition coefficient (Wildman–Crippen LogP) is 4.64. The maximum atomic E-state index is 13.9. The lowest BCUT2D eigenvalue weighted by atomic mass is 10.1. The SMILES string of the molecule is Cc1cc(-c2ccn3nccc(Oc4ccccc4F)c23)ccn1. The van der Waals surface area contributed by atoms with E-state index in [0.29, 0.717) is 5.75 Å². The van der Waals surface area contributed by atoms with E-state index in [2.05, 4.69) is 10.1 Å². The first-order valence-corrected chi connectivity index (χ1v) is 7.54. The molecule has 1 aromatic carbocycles. The van der Waals surface area contributed by atoms with E-state index in [1.807, 2.05) is 31.3 Å². The summed E-state index contributed by atoms with van der Waals surface area (Å²) in [5, 5.41) is 4.30. The zero-order chi connectivity index (χ0) is 16.5. The maximum Gasteiger partial charge on any atom is 0.165 e. The average Bonchev–Trinajstić information content (AvgIpc) is 3.02. The highest BCUT2D eigenvalue weighted by Crippen LogP contribution is 2.34. The van der Waals surface area contributed by atoms with Crippen LogP contribution in [0.1, 0.15) is 5.69 Å². The van der Waals surface area contributed by atoms with Crippen LogP contribution in [-0.4, -0.2) is 14.6 Å². The molecule has 0 aliphatic carbocycles. The molecule has 4 aromatic rings. The number of aryl methyl sites for hydroxylation is 1. The van der Waals surface area contributed by atoms with E-state index < -0.39 is 5.82 Å². The van der Waals surface area contributed by atoms with Gasteiger partial charge in [0.05, 0.1) is 6.20 Å². The summed E-state index contributed by atoms with van der Waals surface area (Å²) in [7, 11) is 0. The van der Waals surface area contributed by atoms with Crippen LogP contribution in [0.2, 0.25) is 0 Å². The number of para-hydroxylation sites is 1. The van der Waals surface area contributed by atoms with Crippen molar-refractivity contribution < 1.29 is 9.13 Å². The van der Waals surface area contributed by atoms with Crippen LogP contribution in [0.4, 0.5) is 4.39 Å². The molecule has 0 bridgehead atoms. The molecule has 0 fully saturated rings. The molecule has 0 amide bonds. The highest BCUT2D eigenvalue weighted by molar-refractivity contribution is 5.85. The van der Waals surface area contributed by atoms with Crippen LogP contribution in [0.25, 0.3) is 16.6 Å². The van der Waals surface area contributed by atoms with Crippen LogP contribution in [0, 0.1) is 12.7 Å². The monoisotopic (exact) mass is 319 g/mol. The van der Waals surface area contributed by atoms with Gasteiger partial charge in [0.1, 0.15) is 5.52 Å². The van der Waals surface area contributed by atoms with Crippen molar-refractivity contribution in [3.05, 3.63) is 78.6 Å². The zero-order valence-electron chi connectivity index (χ0n) is 13.0. The van der Waals surface area contributed by atoms with Crippen molar-refractivity contribution in [1.82, 2.24) is 14.6 Å². The second-order valence-electron chi connectivity index (χ2n) is 5.44. The van der Waals surface area contributed by atoms with Crippen LogP contribution in [0.5, 0.6) is 11.5 Å². The number of halogens is 1. The van der Waals surface area contributed by atoms with Gasteiger partial charge in [0.15, 0.2) is 17.3 Å². The molecule has 4 nitrogen and oxygen atoms in total. The topological polar surface area (TPSA) is 39.4 Å². The molecular weight excluding hydrogens is 305 g/mol. The number of aromatic nitrogens is 3. The van der Waals surface area contributed by atoms with Gasteiger partial charge in [-0.2, -0.15) is 5.10 Å². The van der Waals surface area contributed by atoms with Crippen molar-refractivity contribution in [3.63, 3.8) is 0 Å². The number of ether oxygens (including phenoxy) is 1. The summed E-state index contributed by atoms with van der Waals surface area (Å²) in [5.74, 6) is 0.327. The van der Waals surface area contributed by atoms with Gasteiger partial charge in [-0.3, -0.25) is 4.98 Å². The Bertz CT molecular complexity index is 1030. The number of nitrogens with zero attached hydrogens (tertiary/aromatic N) is 3. The van der Waals surface area contributed by atoms with Crippen molar-refractivity contribution in [2.45, 2.75) is 6.92 Å². The molecule has 0 aliphatic heterocycles. The van der Waals surface area contributed by atoms with Crippen molar-refractivity contribution in [1.29, 1.82) is 0 Å². The molecule has 0 saturated carbocycles. The second kappa shape index (κ2) is 5.77. The van der Waals surface area contributed by atoms with Crippen LogP contribution in [-0.2, 0) is 0 Å². The summed E-state index contributed by atoms with van der Waals surface area (Å²) >= 11 is 0. The summed E-state index contributed by atoms with van der Waals surface area (Å²) < 4.78 is 21.5. The van der Waals surface area contributed by atoms with Gasteiger partial charge in [0.25, 0.3) is 0 Å². The van der Waals surface area contributed by atoms with Crippen molar-refractivity contribution in [3.8, 4) is 22.6 Å². The third-order valence-corrected chi connectivity index (χ3v) is 3.78. The molecule has 5 heteroatoms. The van der Waals surface area contributed by atoms with E-state index in [-0.39, 0.29) is 5.75 Å². The first-order valence-electron chi connectivity index (χ1n) is 7.54. The second-order valence-corrected chi connectivity index (χ2v) is 5.44. The van der Waals surface area contributed by atoms with Crippen LogP contribution in [0.15, 0.2) is 67.1 Å². The smallest absolute Gasteiger partial charge is 0.165 e. The van der Waals surface area contributed by atoms with Gasteiger partial charge in [-0.15, -0.1) is 0 Å². The lowest BCUT2D eigenvalue weighted by molar-refractivity contribution is 0.444. The first-order chi connectivity index (χ1) is 11.7. The number of rotatable bonds is 3. The lowest BCUT2D eigenvalue weighted by Crippen LogP contribution is -1.95. The Morgan fingerprint density at radius 2 is 1.88 bits per heavy atom. The van der Waals surface area contributed by atoms with Crippen LogP contribution >= 0.6 is 0 Å². The Labute approximate surface area is 138 Å². The van der Waals surface area contributed by atoms with E-state index in [9.17, 15) is 4.39 Å². The fourth-order valence-corrected chi connectivity index (χ4v) is 2.69. The van der Waals surface area contributed by atoms with Gasteiger partial charge in [0.2, 0.25) is 0 Å². The molecule has 118 valence electrons. The van der Waals surface area contributed by atoms with E-state index in [1.54, 1.807) is 41.2 Å². The van der Waals surface area contributed by atoms with Gasteiger partial charge >= 0.3 is 0 Å². The van der Waals surface area contributed by atoms with Gasteiger partial charge in [-0.1, -0.05) is 12.1 Å². The van der Waals surface area contributed by atoms with Gasteiger partial charge in [-0.05, 0) is 42.8 Å². The molecule has 24 heavy (non-hydrogen) atoms. The van der Waals surface area contributed by atoms with Gasteiger partial charge in [0, 0.05) is 29.7 Å². The summed E-state index contributed by atoms with van der Waals surface area (Å²) in [6.07, 6.45) is 5.25. The predicted molar refractivity (Wildman–Crippen MR) is 89.6 cm³/mol. The number of fused-ring (bicyclic) bond motifs is 1. The highest BCUT2D eigenvalue weighted by Gasteiger charge is 2.13. The average molecular weight is 319 g/mol. The summed E-state index contributed by atoms with van der Waals surface area (Å²) in [6.45, 7) is 1.94. The Morgan fingerprint density at radius 3 is 2.71 bits per heavy atom. The lowest BCUT2D eigenvalue weighted by Gasteiger charge is -2.10. The standard InChI is InChI=1S/C19H14FN3O/c1-13-12-14(6-9-21-13)15-8-11-23-19(15)18(7-10-22-23)24-17-5-3-2-4-16(17)20/h2-12H,1H3. The largest absolute Gasteiger partial charge is 0.452 e. The minimum Gasteiger partial charge on any atom is -0.452 e. The maximum absolute atomic E-state index is 13.9. The van der Waals surface area contributed by atoms with Crippen molar-refractivity contribution >= 4 is 5.52 Å². The zero-order valence-corrected chi connectivity index (χ0v) is 13.0. The first kappa shape index (κ1) is 14.4. The molecule has 0 atom stereocenters. The molecule has 3 aromatic heterocycles. The highest BCUT2D eigenvalue weighted by atomic mass is 19.1. The third kappa shape index (κ3) is 2.50. The minimum absolute atomic E-state index is 0.184. The Morgan fingerprint density at radius 1 is 1.00 bits per heavy atom. The summed E-state index contributed by atoms with van der Waals surface area (Å²) in [5.41, 5.74) is 3.68. The van der Waals surface area contributed by atoms with Crippen molar-refractivity contribution in [2.24, 2.45) is 0 Å². The van der Waals surface area contributed by atoms with E-state index >= 15 is 0 Å². The van der Waals surface area contributed by atoms with Gasteiger partial charge in [-0.25, -0.2) is 8.91 Å². The number of hydrogen-bond donors (Lipinski definition) is 0. The molecule has 0 unspecified atom stereocenters. The summed E-state index contributed by atoms with van der Waals surface area (Å²) in [6, 6.07) is 14.0. The number of hydrogen-bond acceptors (Lipinski definition) is 3. The fourth-order valence-electron chi connectivity index (χ4n) is 2.69. The normalized spacial score (nSPS) is 10.9. The van der Waals surface area contributed by atoms with Gasteiger partial charge < -0.3 is 4.74 Å². The molecule has 3 heterocycles. The molecule has 0 aliphatic rings. The van der Waals surface area contributed by atoms with E-state index in [4.69, 9.17) is 4.74 Å². The Kier molecular flexibility index (Phi) is 3.46. The minimum atomic E-state index is -0.402. The molecule has 0 N–H and O–H groups in total. The molecule has 0 radical (unpaired) electrons. The third-order valence-electron chi connectivity index (χ3n) is 3.78. The van der Waals surface area contributed by atoms with Crippen molar-refractivity contribution in [2.75, 3.05) is 0 Å². The Balaban J connectivity index is 1.88. The van der Waals surface area contributed by atoms with Crippen LogP contribution in [0.3, 0.4) is 0 Å². The molecule has 4 rings (SSSR count). The molecular formula is C19H14FN3O. The quantitative estimate of drug-likeness (QED) is 0.552. The fraction of sp³-hybridized carbons (Fsp3) is 0.0526. The Hall–Kier alpha value is -3.21. The molecule has 0 saturated heterocycles. The van der Waals surface area contributed by atoms with E-state index in [0.717, 1.165) is 22.3 Å².